The number of carbonyl (C=O) groups is 1. The molecule has 0 amide bonds. The van der Waals surface area contributed by atoms with E-state index in [0.29, 0.717) is 5.57 Å². The lowest BCUT2D eigenvalue weighted by Crippen LogP contribution is -2.03. The molecule has 0 N–H and O–H groups in total. The van der Waals surface area contributed by atoms with Crippen molar-refractivity contribution in [2.45, 2.75) is 0 Å². The van der Waals surface area contributed by atoms with E-state index in [-0.39, 0.29) is 5.78 Å². The molecule has 0 aromatic heterocycles. The maximum atomic E-state index is 11.4. The number of hydrogen-bond acceptors (Lipinski definition) is 1. The molecule has 2 aliphatic carbocycles. The first-order valence-electron chi connectivity index (χ1n) is 4.11. The first-order chi connectivity index (χ1) is 6.38. The molecular weight excluding hydrogens is 160 g/mol. The van der Waals surface area contributed by atoms with Gasteiger partial charge in [-0.3, -0.25) is 4.79 Å². The van der Waals surface area contributed by atoms with Crippen LogP contribution < -0.4 is 0 Å². The van der Waals surface area contributed by atoms with Gasteiger partial charge in [0.1, 0.15) is 0 Å². The summed E-state index contributed by atoms with van der Waals surface area (Å²) < 4.78 is 0. The predicted molar refractivity (Wildman–Crippen MR) is 51.6 cm³/mol. The lowest BCUT2D eigenvalue weighted by Gasteiger charge is -2.07. The average molecular weight is 168 g/mol. The highest BCUT2D eigenvalue weighted by molar-refractivity contribution is 6.07. The first kappa shape index (κ1) is 7.99. The molecule has 0 heterocycles. The summed E-state index contributed by atoms with van der Waals surface area (Å²) in [6, 6.07) is 0. The molecule has 0 atom stereocenters. The van der Waals surface area contributed by atoms with Gasteiger partial charge in [0, 0.05) is 12.0 Å². The van der Waals surface area contributed by atoms with Crippen molar-refractivity contribution in [3.05, 3.63) is 66.2 Å². The van der Waals surface area contributed by atoms with Gasteiger partial charge in [-0.05, 0) is 17.7 Å². The smallest absolute Gasteiger partial charge is 0.186 e. The predicted octanol–water partition coefficient (Wildman–Crippen LogP) is 2.11. The van der Waals surface area contributed by atoms with E-state index < -0.39 is 0 Å². The molecule has 1 heteroatoms. The second-order valence-electron chi connectivity index (χ2n) is 2.78. The Kier molecular flexibility index (Phi) is 2.09. The average Bonchev–Trinajstić information content (AvgIpc) is 2.20. The van der Waals surface area contributed by atoms with Crippen molar-refractivity contribution in [1.82, 2.24) is 0 Å². The van der Waals surface area contributed by atoms with Crippen molar-refractivity contribution < 1.29 is 4.79 Å². The summed E-state index contributed by atoms with van der Waals surface area (Å²) in [6.07, 6.45) is 17.5. The van der Waals surface area contributed by atoms with Gasteiger partial charge in [0.2, 0.25) is 0 Å². The highest BCUT2D eigenvalue weighted by Gasteiger charge is 2.11. The van der Waals surface area contributed by atoms with E-state index in [1.54, 1.807) is 18.2 Å². The largest absolute Gasteiger partial charge is 0.289 e. The highest BCUT2D eigenvalue weighted by Crippen LogP contribution is 2.18. The number of allylic oxidation sites excluding steroid dienone is 10. The molecule has 2 radical (unpaired) electrons. The van der Waals surface area contributed by atoms with E-state index in [0.717, 1.165) is 5.57 Å². The minimum atomic E-state index is 0.0219. The Bertz CT molecular complexity index is 376. The van der Waals surface area contributed by atoms with Gasteiger partial charge >= 0.3 is 0 Å². The molecule has 13 heavy (non-hydrogen) atoms. The molecule has 0 saturated carbocycles. The van der Waals surface area contributed by atoms with Gasteiger partial charge in [-0.15, -0.1) is 0 Å². The van der Waals surface area contributed by atoms with Gasteiger partial charge in [-0.2, -0.15) is 0 Å². The van der Waals surface area contributed by atoms with Crippen LogP contribution in [0.5, 0.6) is 0 Å². The van der Waals surface area contributed by atoms with Crippen molar-refractivity contribution in [2.24, 2.45) is 0 Å². The van der Waals surface area contributed by atoms with Crippen molar-refractivity contribution >= 4 is 5.78 Å². The maximum absolute atomic E-state index is 11.4. The monoisotopic (exact) mass is 168 g/mol. The topological polar surface area (TPSA) is 17.1 Å². The fraction of sp³-hybridized carbons (Fsp3) is 0. The van der Waals surface area contributed by atoms with E-state index in [2.05, 4.69) is 6.08 Å². The molecule has 0 aliphatic heterocycles. The van der Waals surface area contributed by atoms with Crippen LogP contribution in [0.4, 0.5) is 0 Å². The first-order valence-corrected chi connectivity index (χ1v) is 4.11. The van der Waals surface area contributed by atoms with Crippen LogP contribution in [0.15, 0.2) is 53.7 Å². The van der Waals surface area contributed by atoms with Crippen LogP contribution in [0.25, 0.3) is 0 Å². The summed E-state index contributed by atoms with van der Waals surface area (Å²) in [5.41, 5.74) is 1.57. The third-order valence-electron chi connectivity index (χ3n) is 1.88. The Morgan fingerprint density at radius 1 is 1.00 bits per heavy atom. The van der Waals surface area contributed by atoms with Crippen LogP contribution in [0, 0.1) is 12.5 Å². The second kappa shape index (κ2) is 3.40. The minimum absolute atomic E-state index is 0.0219. The Balaban J connectivity index is 2.38. The normalized spacial score (nSPS) is 25.7. The Labute approximate surface area is 77.5 Å². The zero-order chi connectivity index (χ0) is 9.10. The molecule has 0 spiro atoms. The third-order valence-corrected chi connectivity index (χ3v) is 1.88. The van der Waals surface area contributed by atoms with Crippen LogP contribution in [0.3, 0.4) is 0 Å². The fourth-order valence-electron chi connectivity index (χ4n) is 1.25. The van der Waals surface area contributed by atoms with Gasteiger partial charge in [0.15, 0.2) is 5.78 Å². The van der Waals surface area contributed by atoms with Crippen LogP contribution in [-0.2, 0) is 4.79 Å². The summed E-state index contributed by atoms with van der Waals surface area (Å²) >= 11 is 0. The quantitative estimate of drug-likeness (QED) is 0.506. The summed E-state index contributed by atoms with van der Waals surface area (Å²) in [5.74, 6) is 0.0219. The van der Waals surface area contributed by atoms with E-state index in [1.807, 2.05) is 30.7 Å². The van der Waals surface area contributed by atoms with E-state index in [1.165, 1.54) is 0 Å². The molecule has 2 rings (SSSR count). The standard InChI is InChI=1S/C12H8O/c13-12-9-5-4-8-11(12)10-6-2-1-3-7-10/h1-7,9H. The van der Waals surface area contributed by atoms with Crippen molar-refractivity contribution in [2.75, 3.05) is 0 Å². The molecule has 0 bridgehead atoms. The molecule has 2 aliphatic rings. The van der Waals surface area contributed by atoms with Crippen LogP contribution in [0.2, 0.25) is 0 Å². The van der Waals surface area contributed by atoms with Gasteiger partial charge in [0.05, 0.1) is 0 Å². The summed E-state index contributed by atoms with van der Waals surface area (Å²) in [6.45, 7) is 0. The lowest BCUT2D eigenvalue weighted by molar-refractivity contribution is -0.111. The third kappa shape index (κ3) is 1.59. The Hall–Kier alpha value is -1.63. The number of carbonyl (C=O) groups excluding carboxylic acids is 1. The van der Waals surface area contributed by atoms with Crippen LogP contribution in [0.1, 0.15) is 0 Å². The number of hydrogen-bond donors (Lipinski definition) is 0. The van der Waals surface area contributed by atoms with Gasteiger partial charge in [-0.25, -0.2) is 0 Å². The van der Waals surface area contributed by atoms with E-state index in [4.69, 9.17) is 0 Å². The summed E-state index contributed by atoms with van der Waals surface area (Å²) in [5, 5.41) is 0. The van der Waals surface area contributed by atoms with Gasteiger partial charge < -0.3 is 0 Å². The van der Waals surface area contributed by atoms with Crippen molar-refractivity contribution in [3.63, 3.8) is 0 Å². The minimum Gasteiger partial charge on any atom is -0.289 e. The molecule has 62 valence electrons. The zero-order valence-corrected chi connectivity index (χ0v) is 7.03. The van der Waals surface area contributed by atoms with E-state index >= 15 is 0 Å². The Morgan fingerprint density at radius 2 is 1.92 bits per heavy atom. The van der Waals surface area contributed by atoms with Crippen molar-refractivity contribution in [1.29, 1.82) is 0 Å². The van der Waals surface area contributed by atoms with Crippen molar-refractivity contribution in [3.8, 4) is 0 Å². The van der Waals surface area contributed by atoms with Gasteiger partial charge in [-0.1, -0.05) is 36.5 Å². The Morgan fingerprint density at radius 3 is 2.62 bits per heavy atom. The fourth-order valence-corrected chi connectivity index (χ4v) is 1.25. The van der Waals surface area contributed by atoms with Crippen LogP contribution >= 0.6 is 0 Å². The van der Waals surface area contributed by atoms with Gasteiger partial charge in [0.25, 0.3) is 0 Å². The number of ketones is 1. The molecule has 0 aromatic carbocycles. The highest BCUT2D eigenvalue weighted by atomic mass is 16.1. The molecule has 0 fully saturated rings. The molecule has 1 nitrogen and oxygen atoms in total. The van der Waals surface area contributed by atoms with E-state index in [9.17, 15) is 4.79 Å². The SMILES string of the molecule is O=C1C=CC=[C]C1=C1[CH]C=CC=C1. The summed E-state index contributed by atoms with van der Waals surface area (Å²) in [7, 11) is 0. The maximum Gasteiger partial charge on any atom is 0.186 e. The molecular formula is C12H8O. The molecule has 0 saturated heterocycles. The number of rotatable bonds is 0. The summed E-state index contributed by atoms with van der Waals surface area (Å²) in [4.78, 5) is 11.4. The second-order valence-corrected chi connectivity index (χ2v) is 2.78. The van der Waals surface area contributed by atoms with Crippen LogP contribution in [-0.4, -0.2) is 5.78 Å². The zero-order valence-electron chi connectivity index (χ0n) is 7.03. The lowest BCUT2D eigenvalue weighted by atomic mass is 9.95. The molecule has 0 unspecified atom stereocenters. The molecule has 0 aromatic rings.